The molecule has 5 rings (SSSR count). The number of hydrogen-bond acceptors (Lipinski definition) is 6. The van der Waals surface area contributed by atoms with Crippen molar-refractivity contribution in [2.75, 3.05) is 18.1 Å². The Kier molecular flexibility index (Phi) is 7.66. The Morgan fingerprint density at radius 2 is 1.79 bits per heavy atom. The van der Waals surface area contributed by atoms with E-state index in [9.17, 15) is 19.2 Å². The normalized spacial score (nSPS) is 21.0. The molecule has 218 valence electrons. The summed E-state index contributed by atoms with van der Waals surface area (Å²) in [5, 5.41) is 0. The molecule has 3 atom stereocenters. The molecule has 1 amide bonds. The zero-order valence-electron chi connectivity index (χ0n) is 24.5. The summed E-state index contributed by atoms with van der Waals surface area (Å²) in [4.78, 5) is 56.4. The number of esters is 1. The summed E-state index contributed by atoms with van der Waals surface area (Å²) in [7, 11) is 0. The molecule has 0 saturated heterocycles. The first kappa shape index (κ1) is 29.0. The van der Waals surface area contributed by atoms with Gasteiger partial charge in [0.2, 0.25) is 5.91 Å². The van der Waals surface area contributed by atoms with Gasteiger partial charge in [0, 0.05) is 36.7 Å². The van der Waals surface area contributed by atoms with E-state index < -0.39 is 34.9 Å². The van der Waals surface area contributed by atoms with E-state index in [1.54, 1.807) is 38.7 Å². The number of aromatic nitrogens is 1. The predicted molar refractivity (Wildman–Crippen MR) is 159 cm³/mol. The number of aldehydes is 1. The molecule has 0 saturated carbocycles. The van der Waals surface area contributed by atoms with Crippen molar-refractivity contribution < 1.29 is 28.7 Å². The molecule has 42 heavy (non-hydrogen) atoms. The van der Waals surface area contributed by atoms with Crippen LogP contribution < -0.4 is 4.90 Å². The number of benzene rings is 2. The van der Waals surface area contributed by atoms with Crippen molar-refractivity contribution in [1.82, 2.24) is 4.57 Å². The van der Waals surface area contributed by atoms with Gasteiger partial charge in [-0.1, -0.05) is 54.6 Å². The monoisotopic (exact) mass is 568 g/mol. The summed E-state index contributed by atoms with van der Waals surface area (Å²) < 4.78 is 12.9. The molecule has 1 spiro atoms. The first-order valence-electron chi connectivity index (χ1n) is 14.3. The van der Waals surface area contributed by atoms with Crippen LogP contribution in [0, 0.1) is 5.92 Å². The van der Waals surface area contributed by atoms with Gasteiger partial charge >= 0.3 is 12.1 Å². The van der Waals surface area contributed by atoms with Gasteiger partial charge in [-0.3, -0.25) is 9.59 Å². The highest BCUT2D eigenvalue weighted by atomic mass is 16.6. The van der Waals surface area contributed by atoms with Crippen molar-refractivity contribution in [2.24, 2.45) is 5.92 Å². The fraction of sp³-hybridized carbons (Fsp3) is 0.353. The quantitative estimate of drug-likeness (QED) is 0.203. The van der Waals surface area contributed by atoms with Gasteiger partial charge in [0.05, 0.1) is 23.6 Å². The molecule has 0 N–H and O–H groups in total. The number of ether oxygens (including phenoxy) is 2. The second-order valence-electron chi connectivity index (χ2n) is 11.7. The van der Waals surface area contributed by atoms with Crippen LogP contribution in [0.3, 0.4) is 0 Å². The average molecular weight is 569 g/mol. The second kappa shape index (κ2) is 11.1. The number of carbonyl (C=O) groups excluding carboxylic acids is 4. The molecule has 3 aromatic rings. The van der Waals surface area contributed by atoms with Crippen molar-refractivity contribution in [3.63, 3.8) is 0 Å². The highest BCUT2D eigenvalue weighted by Crippen LogP contribution is 2.59. The molecule has 8 heteroatoms. The largest absolute Gasteiger partial charge is 0.466 e. The summed E-state index contributed by atoms with van der Waals surface area (Å²) in [6.07, 6.45) is 1.82. The van der Waals surface area contributed by atoms with Crippen LogP contribution in [0.1, 0.15) is 56.9 Å². The molecule has 2 aliphatic rings. The van der Waals surface area contributed by atoms with Gasteiger partial charge in [-0.15, -0.1) is 6.58 Å². The van der Waals surface area contributed by atoms with Crippen molar-refractivity contribution in [1.29, 1.82) is 0 Å². The van der Waals surface area contributed by atoms with Crippen molar-refractivity contribution in [3.8, 4) is 11.3 Å². The number of amides is 1. The van der Waals surface area contributed by atoms with Gasteiger partial charge in [0.15, 0.2) is 0 Å². The number of nitrogens with zero attached hydrogens (tertiary/aromatic N) is 2. The molecule has 0 bridgehead atoms. The van der Waals surface area contributed by atoms with Crippen LogP contribution in [0.2, 0.25) is 0 Å². The third kappa shape index (κ3) is 4.55. The standard InChI is InChI=1S/C34H36N2O6/c1-6-18-35-27-16-12-11-15-25(27)34(31(35)39)24(17-19-37)23-20-28(22-13-9-8-10-14-22)36(32(40)42-33(3,4)5)29(23)21-26(34)30(38)41-7-2/h6,8-16,19-20,24,26H,1,7,17-18,21H2,2-5H3/t24-,26-,34-/m1/s1. The summed E-state index contributed by atoms with van der Waals surface area (Å²) in [6.45, 7) is 11.3. The van der Waals surface area contributed by atoms with Gasteiger partial charge in [-0.05, 0) is 56.5 Å². The summed E-state index contributed by atoms with van der Waals surface area (Å²) in [6, 6.07) is 18.7. The van der Waals surface area contributed by atoms with Gasteiger partial charge < -0.3 is 19.2 Å². The lowest BCUT2D eigenvalue weighted by Crippen LogP contribution is -2.56. The fourth-order valence-corrected chi connectivity index (χ4v) is 6.67. The minimum absolute atomic E-state index is 0.0393. The number of carbonyl (C=O) groups is 4. The van der Waals surface area contributed by atoms with E-state index >= 15 is 0 Å². The molecule has 0 unspecified atom stereocenters. The summed E-state index contributed by atoms with van der Waals surface area (Å²) in [5.74, 6) is -2.59. The van der Waals surface area contributed by atoms with Crippen molar-refractivity contribution >= 4 is 29.9 Å². The van der Waals surface area contributed by atoms with Crippen LogP contribution in [0.5, 0.6) is 0 Å². The molecule has 2 aromatic carbocycles. The molecule has 1 aliphatic heterocycles. The summed E-state index contributed by atoms with van der Waals surface area (Å²) >= 11 is 0. The van der Waals surface area contributed by atoms with Crippen LogP contribution in [0.25, 0.3) is 11.3 Å². The number of anilines is 1. The second-order valence-corrected chi connectivity index (χ2v) is 11.7. The van der Waals surface area contributed by atoms with E-state index in [-0.39, 0.29) is 31.9 Å². The Labute approximate surface area is 245 Å². The van der Waals surface area contributed by atoms with E-state index in [0.717, 1.165) is 11.8 Å². The van der Waals surface area contributed by atoms with Crippen LogP contribution in [0.15, 0.2) is 73.3 Å². The van der Waals surface area contributed by atoms with E-state index in [0.29, 0.717) is 28.2 Å². The maximum Gasteiger partial charge on any atom is 0.419 e. The zero-order chi connectivity index (χ0) is 30.2. The SMILES string of the molecule is C=CCN1C(=O)[C@]2(c3ccccc31)[C@@H](C(=O)OCC)Cc1c(cc(-c3ccccc3)n1C(=O)OC(C)(C)C)[C@H]2CC=O. The number of hydrogen-bond donors (Lipinski definition) is 0. The lowest BCUT2D eigenvalue weighted by molar-refractivity contribution is -0.155. The van der Waals surface area contributed by atoms with E-state index in [4.69, 9.17) is 9.47 Å². The third-order valence-electron chi connectivity index (χ3n) is 8.11. The minimum atomic E-state index is -1.42. The van der Waals surface area contributed by atoms with Crippen LogP contribution >= 0.6 is 0 Å². The number of fused-ring (bicyclic) bond motifs is 3. The highest BCUT2D eigenvalue weighted by Gasteiger charge is 2.65. The zero-order valence-corrected chi connectivity index (χ0v) is 24.5. The Bertz CT molecular complexity index is 1550. The minimum Gasteiger partial charge on any atom is -0.466 e. The molecule has 1 aliphatic carbocycles. The summed E-state index contributed by atoms with van der Waals surface area (Å²) in [5.41, 5.74) is 1.65. The maximum absolute atomic E-state index is 14.7. The number of rotatable bonds is 7. The van der Waals surface area contributed by atoms with Crippen LogP contribution in [0.4, 0.5) is 10.5 Å². The first-order chi connectivity index (χ1) is 20.1. The lowest BCUT2D eigenvalue weighted by atomic mass is 9.56. The van der Waals surface area contributed by atoms with E-state index in [1.165, 1.54) is 4.57 Å². The van der Waals surface area contributed by atoms with Gasteiger partial charge in [0.1, 0.15) is 11.9 Å². The van der Waals surface area contributed by atoms with Crippen molar-refractivity contribution in [2.45, 2.75) is 57.5 Å². The molecule has 0 radical (unpaired) electrons. The molecule has 1 aromatic heterocycles. The molecule has 0 fully saturated rings. The van der Waals surface area contributed by atoms with E-state index in [2.05, 4.69) is 6.58 Å². The van der Waals surface area contributed by atoms with E-state index in [1.807, 2.05) is 60.7 Å². The fourth-order valence-electron chi connectivity index (χ4n) is 6.67. The third-order valence-corrected chi connectivity index (χ3v) is 8.11. The number of para-hydroxylation sites is 1. The van der Waals surface area contributed by atoms with Crippen molar-refractivity contribution in [3.05, 3.63) is 90.1 Å². The molecular formula is C34H36N2O6. The lowest BCUT2D eigenvalue weighted by Gasteiger charge is -2.44. The molecular weight excluding hydrogens is 532 g/mol. The average Bonchev–Trinajstić information content (AvgIpc) is 3.45. The van der Waals surface area contributed by atoms with Gasteiger partial charge in [-0.2, -0.15) is 0 Å². The Morgan fingerprint density at radius 1 is 1.10 bits per heavy atom. The van der Waals surface area contributed by atoms with Crippen LogP contribution in [-0.4, -0.2) is 47.6 Å². The first-order valence-corrected chi connectivity index (χ1v) is 14.3. The maximum atomic E-state index is 14.7. The topological polar surface area (TPSA) is 94.9 Å². The molecule has 8 nitrogen and oxygen atoms in total. The Morgan fingerprint density at radius 3 is 2.43 bits per heavy atom. The smallest absolute Gasteiger partial charge is 0.419 e. The van der Waals surface area contributed by atoms with Gasteiger partial charge in [0.25, 0.3) is 0 Å². The van der Waals surface area contributed by atoms with Gasteiger partial charge in [-0.25, -0.2) is 9.36 Å². The molecule has 2 heterocycles. The Hall–Kier alpha value is -4.46. The Balaban J connectivity index is 1.85. The van der Waals surface area contributed by atoms with Crippen LogP contribution in [-0.2, 0) is 35.7 Å². The highest BCUT2D eigenvalue weighted by molar-refractivity contribution is 6.12. The predicted octanol–water partition coefficient (Wildman–Crippen LogP) is 5.82.